The van der Waals surface area contributed by atoms with Crippen molar-refractivity contribution >= 4 is 0 Å². The molecule has 4 rings (SSSR count). The summed E-state index contributed by atoms with van der Waals surface area (Å²) in [6.07, 6.45) is 14.2. The second kappa shape index (κ2) is 5.10. The highest BCUT2D eigenvalue weighted by atomic mass is 16.3. The van der Waals surface area contributed by atoms with Crippen molar-refractivity contribution in [2.24, 2.45) is 34.5 Å². The normalized spacial score (nSPS) is 54.2. The predicted molar refractivity (Wildman–Crippen MR) is 91.5 cm³/mol. The first-order chi connectivity index (χ1) is 10.5. The van der Waals surface area contributed by atoms with E-state index in [-0.39, 0.29) is 6.10 Å². The minimum absolute atomic E-state index is 0.144. The monoisotopic (exact) mass is 302 g/mol. The molecule has 1 heteroatoms. The zero-order valence-corrected chi connectivity index (χ0v) is 14.8. The Kier molecular flexibility index (Phi) is 3.53. The summed E-state index contributed by atoms with van der Waals surface area (Å²) >= 11 is 0. The summed E-state index contributed by atoms with van der Waals surface area (Å²) in [7, 11) is 0. The van der Waals surface area contributed by atoms with Crippen LogP contribution >= 0.6 is 0 Å². The molecule has 0 radical (unpaired) electrons. The summed E-state index contributed by atoms with van der Waals surface area (Å²) in [5, 5.41) is 10.9. The zero-order chi connectivity index (χ0) is 15.5. The Bertz CT molecular complexity index is 480. The number of fused-ring (bicyclic) bond motifs is 5. The van der Waals surface area contributed by atoms with Crippen molar-refractivity contribution in [2.45, 2.75) is 84.7 Å². The summed E-state index contributed by atoms with van der Waals surface area (Å²) < 4.78 is 0. The van der Waals surface area contributed by atoms with E-state index in [1.807, 2.05) is 0 Å². The molecule has 0 aromatic heterocycles. The van der Waals surface area contributed by atoms with Crippen molar-refractivity contribution < 1.29 is 5.11 Å². The molecule has 3 fully saturated rings. The Morgan fingerprint density at radius 2 is 1.95 bits per heavy atom. The Labute approximate surface area is 136 Å². The molecule has 0 aromatic carbocycles. The molecule has 7 atom stereocenters. The fourth-order valence-electron chi connectivity index (χ4n) is 7.59. The third-order valence-corrected chi connectivity index (χ3v) is 8.72. The molecule has 3 saturated carbocycles. The summed E-state index contributed by atoms with van der Waals surface area (Å²) in [6.45, 7) is 7.48. The maximum absolute atomic E-state index is 10.9. The Hall–Kier alpha value is -0.300. The van der Waals surface area contributed by atoms with Crippen LogP contribution in [0.5, 0.6) is 0 Å². The molecule has 0 heterocycles. The average molecular weight is 303 g/mol. The van der Waals surface area contributed by atoms with Gasteiger partial charge in [0.2, 0.25) is 0 Å². The van der Waals surface area contributed by atoms with Crippen LogP contribution in [-0.4, -0.2) is 11.2 Å². The highest BCUT2D eigenvalue weighted by Crippen LogP contribution is 2.67. The molecule has 1 nitrogen and oxygen atoms in total. The van der Waals surface area contributed by atoms with Gasteiger partial charge in [0.25, 0.3) is 0 Å². The molecule has 0 bridgehead atoms. The summed E-state index contributed by atoms with van der Waals surface area (Å²) in [4.78, 5) is 0. The lowest BCUT2D eigenvalue weighted by atomic mass is 9.46. The number of aliphatic hydroxyl groups is 1. The third kappa shape index (κ3) is 1.87. The summed E-state index contributed by atoms with van der Waals surface area (Å²) in [5.74, 6) is 3.44. The predicted octanol–water partition coefficient (Wildman–Crippen LogP) is 5.34. The van der Waals surface area contributed by atoms with E-state index in [4.69, 9.17) is 0 Å². The first-order valence-electron chi connectivity index (χ1n) is 9.89. The SMILES string of the molecule is CC[C@H]1CC[C@H]2[C@@H]3C[C@H](O)C4=CCCC[C@]4(C)[C@H]3CC[C@]12C. The van der Waals surface area contributed by atoms with Gasteiger partial charge in [0.05, 0.1) is 6.10 Å². The number of allylic oxidation sites excluding steroid dienone is 1. The van der Waals surface area contributed by atoms with Crippen molar-refractivity contribution in [3.05, 3.63) is 11.6 Å². The molecular weight excluding hydrogens is 268 g/mol. The Balaban J connectivity index is 1.69. The minimum Gasteiger partial charge on any atom is -0.389 e. The van der Waals surface area contributed by atoms with Crippen LogP contribution in [0.15, 0.2) is 11.6 Å². The van der Waals surface area contributed by atoms with Gasteiger partial charge < -0.3 is 5.11 Å². The van der Waals surface area contributed by atoms with E-state index in [1.165, 1.54) is 56.9 Å². The lowest BCUT2D eigenvalue weighted by Crippen LogP contribution is -2.53. The fourth-order valence-corrected chi connectivity index (χ4v) is 7.59. The quantitative estimate of drug-likeness (QED) is 0.648. The van der Waals surface area contributed by atoms with Gasteiger partial charge in [-0.3, -0.25) is 0 Å². The van der Waals surface area contributed by atoms with Crippen LogP contribution in [0.3, 0.4) is 0 Å². The van der Waals surface area contributed by atoms with Crippen LogP contribution in [0.4, 0.5) is 0 Å². The molecule has 0 spiro atoms. The molecule has 22 heavy (non-hydrogen) atoms. The largest absolute Gasteiger partial charge is 0.389 e. The van der Waals surface area contributed by atoms with Crippen LogP contribution in [0.2, 0.25) is 0 Å². The second-order valence-electron chi connectivity index (χ2n) is 9.32. The third-order valence-electron chi connectivity index (χ3n) is 8.72. The van der Waals surface area contributed by atoms with Crippen molar-refractivity contribution in [1.82, 2.24) is 0 Å². The van der Waals surface area contributed by atoms with Crippen molar-refractivity contribution in [1.29, 1.82) is 0 Å². The van der Waals surface area contributed by atoms with E-state index < -0.39 is 0 Å². The van der Waals surface area contributed by atoms with Crippen LogP contribution in [-0.2, 0) is 0 Å². The molecule has 4 aliphatic rings. The van der Waals surface area contributed by atoms with E-state index in [0.717, 1.165) is 30.1 Å². The van der Waals surface area contributed by atoms with Gasteiger partial charge >= 0.3 is 0 Å². The van der Waals surface area contributed by atoms with Crippen molar-refractivity contribution in [3.63, 3.8) is 0 Å². The second-order valence-corrected chi connectivity index (χ2v) is 9.32. The number of rotatable bonds is 1. The maximum Gasteiger partial charge on any atom is 0.0758 e. The Morgan fingerprint density at radius 3 is 2.73 bits per heavy atom. The van der Waals surface area contributed by atoms with Gasteiger partial charge in [0.15, 0.2) is 0 Å². The average Bonchev–Trinajstić information content (AvgIpc) is 2.84. The van der Waals surface area contributed by atoms with Crippen LogP contribution < -0.4 is 0 Å². The molecule has 0 aromatic rings. The lowest BCUT2D eigenvalue weighted by molar-refractivity contribution is -0.0786. The molecule has 0 amide bonds. The zero-order valence-electron chi connectivity index (χ0n) is 14.8. The van der Waals surface area contributed by atoms with Gasteiger partial charge in [0.1, 0.15) is 0 Å². The Morgan fingerprint density at radius 1 is 1.14 bits per heavy atom. The van der Waals surface area contributed by atoms with Gasteiger partial charge in [-0.15, -0.1) is 0 Å². The molecule has 0 unspecified atom stereocenters. The van der Waals surface area contributed by atoms with Crippen LogP contribution in [0.25, 0.3) is 0 Å². The van der Waals surface area contributed by atoms with Gasteiger partial charge in [-0.1, -0.05) is 33.3 Å². The maximum atomic E-state index is 10.9. The van der Waals surface area contributed by atoms with Crippen molar-refractivity contribution in [2.75, 3.05) is 0 Å². The fraction of sp³-hybridized carbons (Fsp3) is 0.905. The van der Waals surface area contributed by atoms with Crippen LogP contribution in [0.1, 0.15) is 78.6 Å². The van der Waals surface area contributed by atoms with E-state index in [0.29, 0.717) is 10.8 Å². The molecule has 124 valence electrons. The molecule has 4 aliphatic carbocycles. The standard InChI is InChI=1S/C21H34O/c1-4-14-8-9-16-15-13-19(22)18-7-5-6-11-21(18,3)17(15)10-12-20(14,16)2/h7,14-17,19,22H,4-6,8-13H2,1-3H3/t14-,15-,16-,17-,19-,20+,21+/m0/s1. The van der Waals surface area contributed by atoms with Crippen LogP contribution in [0, 0.1) is 34.5 Å². The summed E-state index contributed by atoms with van der Waals surface area (Å²) in [5.41, 5.74) is 2.31. The lowest BCUT2D eigenvalue weighted by Gasteiger charge is -2.59. The van der Waals surface area contributed by atoms with Gasteiger partial charge in [-0.05, 0) is 91.4 Å². The smallest absolute Gasteiger partial charge is 0.0758 e. The van der Waals surface area contributed by atoms with E-state index in [9.17, 15) is 5.11 Å². The van der Waals surface area contributed by atoms with Crippen molar-refractivity contribution in [3.8, 4) is 0 Å². The van der Waals surface area contributed by atoms with Gasteiger partial charge in [-0.2, -0.15) is 0 Å². The number of hydrogen-bond acceptors (Lipinski definition) is 1. The van der Waals surface area contributed by atoms with E-state index in [2.05, 4.69) is 26.8 Å². The highest BCUT2D eigenvalue weighted by Gasteiger charge is 2.59. The van der Waals surface area contributed by atoms with Gasteiger partial charge in [-0.25, -0.2) is 0 Å². The van der Waals surface area contributed by atoms with E-state index >= 15 is 0 Å². The first-order valence-corrected chi connectivity index (χ1v) is 9.89. The summed E-state index contributed by atoms with van der Waals surface area (Å²) in [6, 6.07) is 0. The number of aliphatic hydroxyl groups excluding tert-OH is 1. The molecule has 0 saturated heterocycles. The first kappa shape index (κ1) is 15.2. The number of hydrogen-bond donors (Lipinski definition) is 1. The molecule has 1 N–H and O–H groups in total. The van der Waals surface area contributed by atoms with E-state index in [1.54, 1.807) is 0 Å². The topological polar surface area (TPSA) is 20.2 Å². The van der Waals surface area contributed by atoms with Gasteiger partial charge in [0, 0.05) is 0 Å². The molecular formula is C21H34O. The minimum atomic E-state index is -0.144. The molecule has 0 aliphatic heterocycles. The highest BCUT2D eigenvalue weighted by molar-refractivity contribution is 5.27.